The maximum absolute atomic E-state index is 11.7. The van der Waals surface area contributed by atoms with E-state index in [1.807, 2.05) is 24.3 Å². The molecule has 1 aliphatic rings. The van der Waals surface area contributed by atoms with Gasteiger partial charge in [0.05, 0.1) is 0 Å². The molecule has 0 saturated heterocycles. The number of carbonyl (C=O) groups is 1. The summed E-state index contributed by atoms with van der Waals surface area (Å²) in [6.07, 6.45) is 3.35. The van der Waals surface area contributed by atoms with Gasteiger partial charge in [-0.25, -0.2) is 0 Å². The average molecular weight is 248 g/mol. The predicted octanol–water partition coefficient (Wildman–Crippen LogP) is 1.29. The van der Waals surface area contributed by atoms with Gasteiger partial charge in [0.15, 0.2) is 0 Å². The number of nitrogens with one attached hydrogen (secondary N) is 1. The minimum atomic E-state index is -0.0238. The fraction of sp³-hybridized carbons (Fsp3) is 0.500. The Kier molecular flexibility index (Phi) is 4.33. The zero-order valence-corrected chi connectivity index (χ0v) is 10.4. The highest BCUT2D eigenvalue weighted by Gasteiger charge is 2.29. The van der Waals surface area contributed by atoms with Crippen molar-refractivity contribution in [1.82, 2.24) is 0 Å². The summed E-state index contributed by atoms with van der Waals surface area (Å²) in [7, 11) is 0. The fourth-order valence-corrected chi connectivity index (χ4v) is 2.00. The number of nitrogens with two attached hydrogens (primary N) is 1. The first-order valence-corrected chi connectivity index (χ1v) is 6.44. The molecule has 0 aromatic heterocycles. The normalized spacial score (nSPS) is 16.3. The maximum atomic E-state index is 11.7. The van der Waals surface area contributed by atoms with Crippen LogP contribution < -0.4 is 11.1 Å². The summed E-state index contributed by atoms with van der Waals surface area (Å²) >= 11 is 0. The molecular weight excluding hydrogens is 228 g/mol. The highest BCUT2D eigenvalue weighted by Crippen LogP contribution is 2.32. The van der Waals surface area contributed by atoms with E-state index < -0.39 is 0 Å². The summed E-state index contributed by atoms with van der Waals surface area (Å²) < 4.78 is 0. The number of aliphatic hydroxyl groups excluding tert-OH is 1. The minimum Gasteiger partial charge on any atom is -0.396 e. The monoisotopic (exact) mass is 248 g/mol. The van der Waals surface area contributed by atoms with Gasteiger partial charge in [0.1, 0.15) is 0 Å². The van der Waals surface area contributed by atoms with E-state index in [2.05, 4.69) is 5.32 Å². The van der Waals surface area contributed by atoms with Crippen LogP contribution >= 0.6 is 0 Å². The van der Waals surface area contributed by atoms with Gasteiger partial charge in [-0.15, -0.1) is 0 Å². The molecule has 2 rings (SSSR count). The van der Waals surface area contributed by atoms with Crippen LogP contribution in [-0.4, -0.2) is 23.7 Å². The molecule has 4 N–H and O–H groups in total. The van der Waals surface area contributed by atoms with Crippen molar-refractivity contribution in [3.63, 3.8) is 0 Å². The molecule has 98 valence electrons. The van der Waals surface area contributed by atoms with E-state index in [1.165, 1.54) is 0 Å². The van der Waals surface area contributed by atoms with Crippen molar-refractivity contribution in [3.8, 4) is 0 Å². The van der Waals surface area contributed by atoms with E-state index in [1.54, 1.807) is 0 Å². The summed E-state index contributed by atoms with van der Waals surface area (Å²) in [6, 6.07) is 7.52. The highest BCUT2D eigenvalue weighted by molar-refractivity contribution is 5.91. The van der Waals surface area contributed by atoms with E-state index in [0.29, 0.717) is 18.8 Å². The molecule has 1 aromatic carbocycles. The van der Waals surface area contributed by atoms with Crippen molar-refractivity contribution in [2.45, 2.75) is 31.7 Å². The van der Waals surface area contributed by atoms with Crippen LogP contribution in [-0.2, 0) is 11.2 Å². The summed E-state index contributed by atoms with van der Waals surface area (Å²) in [4.78, 5) is 11.7. The van der Waals surface area contributed by atoms with E-state index in [0.717, 1.165) is 24.1 Å². The van der Waals surface area contributed by atoms with Gasteiger partial charge in [0, 0.05) is 24.8 Å². The Bertz CT molecular complexity index is 399. The van der Waals surface area contributed by atoms with Crippen LogP contribution in [0.3, 0.4) is 0 Å². The third kappa shape index (κ3) is 3.82. The van der Waals surface area contributed by atoms with Crippen LogP contribution in [0.5, 0.6) is 0 Å². The van der Waals surface area contributed by atoms with Gasteiger partial charge in [-0.3, -0.25) is 4.79 Å². The lowest BCUT2D eigenvalue weighted by molar-refractivity contribution is -0.116. The molecule has 0 spiro atoms. The molecule has 1 aromatic rings. The van der Waals surface area contributed by atoms with E-state index in [4.69, 9.17) is 10.8 Å². The summed E-state index contributed by atoms with van der Waals surface area (Å²) in [5, 5.41) is 11.7. The minimum absolute atomic E-state index is 0.00124. The van der Waals surface area contributed by atoms with Crippen LogP contribution in [0.15, 0.2) is 24.3 Å². The Hall–Kier alpha value is -1.39. The van der Waals surface area contributed by atoms with Crippen LogP contribution in [0.2, 0.25) is 0 Å². The lowest BCUT2D eigenvalue weighted by atomic mass is 10.1. The molecule has 4 heteroatoms. The molecule has 1 amide bonds. The van der Waals surface area contributed by atoms with Gasteiger partial charge >= 0.3 is 0 Å². The highest BCUT2D eigenvalue weighted by atomic mass is 16.2. The third-order valence-corrected chi connectivity index (χ3v) is 3.29. The average Bonchev–Trinajstić information content (AvgIpc) is 3.16. The number of amides is 1. The first-order valence-electron chi connectivity index (χ1n) is 6.44. The fourth-order valence-electron chi connectivity index (χ4n) is 2.00. The number of benzene rings is 1. The molecule has 18 heavy (non-hydrogen) atoms. The van der Waals surface area contributed by atoms with Gasteiger partial charge in [0.2, 0.25) is 5.91 Å². The number of rotatable bonds is 6. The Balaban J connectivity index is 1.82. The number of hydrogen-bond donors (Lipinski definition) is 3. The first-order chi connectivity index (χ1) is 8.69. The van der Waals surface area contributed by atoms with Crippen molar-refractivity contribution in [1.29, 1.82) is 0 Å². The Morgan fingerprint density at radius 1 is 1.39 bits per heavy atom. The number of carbonyl (C=O) groups excluding carboxylic acids is 1. The topological polar surface area (TPSA) is 75.4 Å². The lowest BCUT2D eigenvalue weighted by Crippen LogP contribution is -2.28. The van der Waals surface area contributed by atoms with E-state index in [-0.39, 0.29) is 18.6 Å². The summed E-state index contributed by atoms with van der Waals surface area (Å²) in [5.41, 5.74) is 7.75. The molecule has 0 heterocycles. The van der Waals surface area contributed by atoms with Gasteiger partial charge in [-0.2, -0.15) is 0 Å². The molecule has 1 atom stereocenters. The Morgan fingerprint density at radius 3 is 2.61 bits per heavy atom. The van der Waals surface area contributed by atoms with Gasteiger partial charge in [-0.05, 0) is 42.9 Å². The Labute approximate surface area is 107 Å². The molecule has 1 saturated carbocycles. The van der Waals surface area contributed by atoms with Crippen LogP contribution in [0, 0.1) is 5.92 Å². The van der Waals surface area contributed by atoms with Crippen molar-refractivity contribution >= 4 is 11.6 Å². The standard InChI is InChI=1S/C14H20N2O2/c15-13(11-3-4-11)9-14(18)16-12-5-1-10(2-6-12)7-8-17/h1-2,5-6,11,13,17H,3-4,7-9,15H2,(H,16,18). The van der Waals surface area contributed by atoms with Crippen molar-refractivity contribution in [3.05, 3.63) is 29.8 Å². The van der Waals surface area contributed by atoms with E-state index in [9.17, 15) is 4.79 Å². The third-order valence-electron chi connectivity index (χ3n) is 3.29. The van der Waals surface area contributed by atoms with Crippen LogP contribution in [0.4, 0.5) is 5.69 Å². The molecule has 0 radical (unpaired) electrons. The molecule has 1 fully saturated rings. The van der Waals surface area contributed by atoms with Crippen molar-refractivity contribution < 1.29 is 9.90 Å². The van der Waals surface area contributed by atoms with Crippen molar-refractivity contribution in [2.75, 3.05) is 11.9 Å². The molecule has 0 bridgehead atoms. The Morgan fingerprint density at radius 2 is 2.06 bits per heavy atom. The largest absolute Gasteiger partial charge is 0.396 e. The van der Waals surface area contributed by atoms with Crippen LogP contribution in [0.25, 0.3) is 0 Å². The first kappa shape index (κ1) is 13.1. The van der Waals surface area contributed by atoms with Gasteiger partial charge < -0.3 is 16.2 Å². The molecule has 4 nitrogen and oxygen atoms in total. The lowest BCUT2D eigenvalue weighted by Gasteiger charge is -2.10. The molecule has 1 aliphatic carbocycles. The predicted molar refractivity (Wildman–Crippen MR) is 71.2 cm³/mol. The zero-order valence-electron chi connectivity index (χ0n) is 10.4. The molecule has 1 unspecified atom stereocenters. The second-order valence-electron chi connectivity index (χ2n) is 4.92. The smallest absolute Gasteiger partial charge is 0.225 e. The zero-order chi connectivity index (χ0) is 13.0. The van der Waals surface area contributed by atoms with Gasteiger partial charge in [0.25, 0.3) is 0 Å². The molecular formula is C14H20N2O2. The molecule has 0 aliphatic heterocycles. The maximum Gasteiger partial charge on any atom is 0.225 e. The SMILES string of the molecule is NC(CC(=O)Nc1ccc(CCO)cc1)C1CC1. The summed E-state index contributed by atoms with van der Waals surface area (Å²) in [6.45, 7) is 0.141. The second-order valence-corrected chi connectivity index (χ2v) is 4.92. The van der Waals surface area contributed by atoms with E-state index >= 15 is 0 Å². The quantitative estimate of drug-likeness (QED) is 0.710. The number of hydrogen-bond acceptors (Lipinski definition) is 3. The second kappa shape index (κ2) is 5.98. The summed E-state index contributed by atoms with van der Waals surface area (Å²) in [5.74, 6) is 0.520. The number of anilines is 1. The van der Waals surface area contributed by atoms with Crippen LogP contribution in [0.1, 0.15) is 24.8 Å². The number of aliphatic hydroxyl groups is 1. The van der Waals surface area contributed by atoms with Crippen molar-refractivity contribution in [2.24, 2.45) is 11.7 Å². The van der Waals surface area contributed by atoms with Gasteiger partial charge in [-0.1, -0.05) is 12.1 Å².